The summed E-state index contributed by atoms with van der Waals surface area (Å²) in [7, 11) is 0. The van der Waals surface area contributed by atoms with E-state index in [9.17, 15) is 0 Å². The van der Waals surface area contributed by atoms with Crippen molar-refractivity contribution in [3.63, 3.8) is 0 Å². The molecule has 0 aromatic carbocycles. The lowest BCUT2D eigenvalue weighted by Crippen LogP contribution is -1.80. The lowest BCUT2D eigenvalue weighted by atomic mass is 10.3. The van der Waals surface area contributed by atoms with Crippen molar-refractivity contribution in [2.75, 3.05) is 0 Å². The normalized spacial score (nSPS) is 11.4. The van der Waals surface area contributed by atoms with Gasteiger partial charge in [0.25, 0.3) is 0 Å². The minimum absolute atomic E-state index is 1.07. The van der Waals surface area contributed by atoms with Crippen molar-refractivity contribution in [3.05, 3.63) is 28.1 Å². The fourth-order valence-corrected chi connectivity index (χ4v) is 1.67. The number of rotatable bonds is 2. The van der Waals surface area contributed by atoms with E-state index < -0.39 is 0 Å². The molecule has 64 valence electrons. The standard InChI is InChI=1S/C10H13NS/c1-8(2)11-9(3)7-10-5-4-6-12-10/h4-7H,1-3H3/b9-7+. The molecule has 12 heavy (non-hydrogen) atoms. The Morgan fingerprint density at radius 2 is 2.17 bits per heavy atom. The molecule has 0 aliphatic carbocycles. The third-order valence-electron chi connectivity index (χ3n) is 1.29. The van der Waals surface area contributed by atoms with Gasteiger partial charge in [0.1, 0.15) is 0 Å². The molecule has 0 atom stereocenters. The quantitative estimate of drug-likeness (QED) is 0.615. The molecular formula is C10H13NS. The van der Waals surface area contributed by atoms with Crippen LogP contribution in [0.1, 0.15) is 25.6 Å². The van der Waals surface area contributed by atoms with Crippen LogP contribution in [0, 0.1) is 0 Å². The molecule has 0 amide bonds. The van der Waals surface area contributed by atoms with Crippen LogP contribution in [0.25, 0.3) is 6.08 Å². The average Bonchev–Trinajstić information content (AvgIpc) is 2.37. The van der Waals surface area contributed by atoms with Gasteiger partial charge in [0.2, 0.25) is 0 Å². The van der Waals surface area contributed by atoms with Crippen LogP contribution in [-0.2, 0) is 0 Å². The van der Waals surface area contributed by atoms with E-state index in [2.05, 4.69) is 22.5 Å². The van der Waals surface area contributed by atoms with E-state index in [0.717, 1.165) is 11.4 Å². The lowest BCUT2D eigenvalue weighted by Gasteiger charge is -1.92. The molecule has 0 spiro atoms. The summed E-state index contributed by atoms with van der Waals surface area (Å²) in [6.45, 7) is 6.03. The van der Waals surface area contributed by atoms with E-state index in [-0.39, 0.29) is 0 Å². The molecule has 1 aromatic rings. The van der Waals surface area contributed by atoms with Crippen LogP contribution in [0.15, 0.2) is 28.2 Å². The number of allylic oxidation sites excluding steroid dienone is 1. The summed E-state index contributed by atoms with van der Waals surface area (Å²) in [5.74, 6) is 0. The van der Waals surface area contributed by atoms with Gasteiger partial charge < -0.3 is 0 Å². The average molecular weight is 179 g/mol. The van der Waals surface area contributed by atoms with Gasteiger partial charge in [0.05, 0.1) is 0 Å². The Hall–Kier alpha value is -0.890. The molecule has 0 aliphatic heterocycles. The summed E-state index contributed by atoms with van der Waals surface area (Å²) < 4.78 is 0. The van der Waals surface area contributed by atoms with Crippen LogP contribution < -0.4 is 0 Å². The highest BCUT2D eigenvalue weighted by Gasteiger charge is 1.89. The van der Waals surface area contributed by atoms with Crippen LogP contribution in [0.5, 0.6) is 0 Å². The zero-order chi connectivity index (χ0) is 8.97. The van der Waals surface area contributed by atoms with Gasteiger partial charge in [0, 0.05) is 16.3 Å². The summed E-state index contributed by atoms with van der Waals surface area (Å²) in [4.78, 5) is 5.60. The van der Waals surface area contributed by atoms with E-state index in [0.29, 0.717) is 0 Å². The summed E-state index contributed by atoms with van der Waals surface area (Å²) in [5, 5.41) is 2.07. The second kappa shape index (κ2) is 4.21. The first-order valence-electron chi connectivity index (χ1n) is 3.92. The molecule has 0 saturated heterocycles. The third kappa shape index (κ3) is 3.01. The van der Waals surface area contributed by atoms with Crippen LogP contribution in [0.2, 0.25) is 0 Å². The number of hydrogen-bond acceptors (Lipinski definition) is 2. The van der Waals surface area contributed by atoms with Gasteiger partial charge >= 0.3 is 0 Å². The molecule has 0 unspecified atom stereocenters. The van der Waals surface area contributed by atoms with Gasteiger partial charge in [-0.2, -0.15) is 0 Å². The summed E-state index contributed by atoms with van der Waals surface area (Å²) in [6, 6.07) is 4.14. The Labute approximate surface area is 77.5 Å². The molecule has 0 saturated carbocycles. The highest BCUT2D eigenvalue weighted by molar-refractivity contribution is 7.10. The molecule has 1 heterocycles. The van der Waals surface area contributed by atoms with E-state index in [1.54, 1.807) is 11.3 Å². The predicted molar refractivity (Wildman–Crippen MR) is 56.8 cm³/mol. The topological polar surface area (TPSA) is 12.4 Å². The Bertz CT molecular complexity index is 290. The van der Waals surface area contributed by atoms with Crippen LogP contribution >= 0.6 is 11.3 Å². The Balaban J connectivity index is 2.77. The second-order valence-electron chi connectivity index (χ2n) is 2.86. The van der Waals surface area contributed by atoms with E-state index >= 15 is 0 Å². The molecule has 2 heteroatoms. The first kappa shape index (κ1) is 9.20. The molecular weight excluding hydrogens is 166 g/mol. The molecule has 1 rings (SSSR count). The molecule has 0 bridgehead atoms. The zero-order valence-corrected chi connectivity index (χ0v) is 8.48. The molecule has 1 nitrogen and oxygen atoms in total. The highest BCUT2D eigenvalue weighted by Crippen LogP contribution is 2.13. The highest BCUT2D eigenvalue weighted by atomic mass is 32.1. The van der Waals surface area contributed by atoms with Crippen molar-refractivity contribution >= 4 is 23.1 Å². The third-order valence-corrected chi connectivity index (χ3v) is 2.11. The Morgan fingerprint density at radius 1 is 1.42 bits per heavy atom. The summed E-state index contributed by atoms with van der Waals surface area (Å²) in [6.07, 6.45) is 2.09. The van der Waals surface area contributed by atoms with Crippen molar-refractivity contribution < 1.29 is 0 Å². The molecule has 0 radical (unpaired) electrons. The number of thiophene rings is 1. The Morgan fingerprint density at radius 3 is 2.67 bits per heavy atom. The van der Waals surface area contributed by atoms with Gasteiger partial charge in [-0.1, -0.05) is 6.07 Å². The molecule has 1 aromatic heterocycles. The van der Waals surface area contributed by atoms with Crippen molar-refractivity contribution in [2.45, 2.75) is 20.8 Å². The van der Waals surface area contributed by atoms with E-state index in [1.807, 2.05) is 26.8 Å². The number of nitrogens with zero attached hydrogens (tertiary/aromatic N) is 1. The van der Waals surface area contributed by atoms with Gasteiger partial charge in [-0.05, 0) is 38.3 Å². The molecule has 0 N–H and O–H groups in total. The van der Waals surface area contributed by atoms with Gasteiger partial charge in [0.15, 0.2) is 0 Å². The van der Waals surface area contributed by atoms with Crippen LogP contribution in [0.3, 0.4) is 0 Å². The Kier molecular flexibility index (Phi) is 3.23. The number of aliphatic imine (C=N–C) groups is 1. The number of hydrogen-bond donors (Lipinski definition) is 0. The maximum atomic E-state index is 4.34. The van der Waals surface area contributed by atoms with Crippen molar-refractivity contribution in [2.24, 2.45) is 4.99 Å². The second-order valence-corrected chi connectivity index (χ2v) is 3.84. The van der Waals surface area contributed by atoms with E-state index in [1.165, 1.54) is 4.88 Å². The SMILES string of the molecule is CC(C)=N/C(C)=C/c1cccs1. The lowest BCUT2D eigenvalue weighted by molar-refractivity contribution is 1.31. The summed E-state index contributed by atoms with van der Waals surface area (Å²) in [5.41, 5.74) is 2.16. The summed E-state index contributed by atoms with van der Waals surface area (Å²) >= 11 is 1.73. The minimum atomic E-state index is 1.07. The predicted octanol–water partition coefficient (Wildman–Crippen LogP) is 3.59. The maximum Gasteiger partial charge on any atom is 0.0385 e. The van der Waals surface area contributed by atoms with Gasteiger partial charge in [-0.25, -0.2) is 0 Å². The van der Waals surface area contributed by atoms with Crippen LogP contribution in [-0.4, -0.2) is 5.71 Å². The first-order chi connectivity index (χ1) is 5.68. The van der Waals surface area contributed by atoms with Crippen molar-refractivity contribution in [3.8, 4) is 0 Å². The smallest absolute Gasteiger partial charge is 0.0385 e. The van der Waals surface area contributed by atoms with Gasteiger partial charge in [-0.15, -0.1) is 11.3 Å². The molecule has 0 fully saturated rings. The monoisotopic (exact) mass is 179 g/mol. The zero-order valence-electron chi connectivity index (χ0n) is 7.66. The van der Waals surface area contributed by atoms with E-state index in [4.69, 9.17) is 0 Å². The fraction of sp³-hybridized carbons (Fsp3) is 0.300. The maximum absolute atomic E-state index is 4.34. The largest absolute Gasteiger partial charge is 0.263 e. The first-order valence-corrected chi connectivity index (χ1v) is 4.80. The van der Waals surface area contributed by atoms with Gasteiger partial charge in [-0.3, -0.25) is 4.99 Å². The molecule has 0 aliphatic rings. The van der Waals surface area contributed by atoms with Crippen LogP contribution in [0.4, 0.5) is 0 Å². The minimum Gasteiger partial charge on any atom is -0.263 e. The fourth-order valence-electron chi connectivity index (χ4n) is 0.964. The van der Waals surface area contributed by atoms with Crippen molar-refractivity contribution in [1.29, 1.82) is 0 Å². The van der Waals surface area contributed by atoms with Crippen molar-refractivity contribution in [1.82, 2.24) is 0 Å².